The number of hydrogen-bond acceptors (Lipinski definition) is 0. The van der Waals surface area contributed by atoms with Gasteiger partial charge in [-0.15, -0.1) is 0 Å². The quantitative estimate of drug-likeness (QED) is 0.566. The maximum Gasteiger partial charge on any atom is 0.123 e. The summed E-state index contributed by atoms with van der Waals surface area (Å²) >= 11 is 7.20. The van der Waals surface area contributed by atoms with Crippen molar-refractivity contribution in [2.24, 2.45) is 5.92 Å². The minimum absolute atomic E-state index is 0.160. The number of alkyl halides is 1. The summed E-state index contributed by atoms with van der Waals surface area (Å²) in [6.45, 7) is 1.97. The normalized spacial score (nSPS) is 12.4. The Balaban J connectivity index is 2.11. The predicted octanol–water partition coefficient (Wildman–Crippen LogP) is 5.69. The van der Waals surface area contributed by atoms with Crippen molar-refractivity contribution < 1.29 is 4.39 Å². The zero-order valence-electron chi connectivity index (χ0n) is 11.4. The first-order chi connectivity index (χ1) is 9.60. The maximum absolute atomic E-state index is 13.2. The molecule has 0 saturated heterocycles. The summed E-state index contributed by atoms with van der Waals surface area (Å²) in [5.41, 5.74) is 3.57. The van der Waals surface area contributed by atoms with E-state index in [2.05, 4.69) is 50.1 Å². The molecule has 0 aliphatic rings. The van der Waals surface area contributed by atoms with Gasteiger partial charge in [0, 0.05) is 9.80 Å². The molecule has 0 amide bonds. The molecule has 2 rings (SSSR count). The molecular formula is C17H17Br2F. The minimum Gasteiger partial charge on any atom is -0.207 e. The summed E-state index contributed by atoms with van der Waals surface area (Å²) in [6, 6.07) is 13.4. The van der Waals surface area contributed by atoms with E-state index in [-0.39, 0.29) is 5.82 Å². The van der Waals surface area contributed by atoms with E-state index in [1.807, 2.05) is 19.1 Å². The molecule has 1 unspecified atom stereocenters. The molecule has 0 N–H and O–H groups in total. The Hall–Kier alpha value is -0.670. The molecule has 0 fully saturated rings. The summed E-state index contributed by atoms with van der Waals surface area (Å²) in [6.07, 6.45) is 1.96. The van der Waals surface area contributed by atoms with E-state index >= 15 is 0 Å². The van der Waals surface area contributed by atoms with Gasteiger partial charge in [-0.3, -0.25) is 0 Å². The molecule has 106 valence electrons. The van der Waals surface area contributed by atoms with Gasteiger partial charge in [0.05, 0.1) is 0 Å². The molecule has 20 heavy (non-hydrogen) atoms. The Bertz CT molecular complexity index is 581. The molecule has 0 aliphatic carbocycles. The molecule has 2 aromatic rings. The van der Waals surface area contributed by atoms with Crippen LogP contribution in [0.15, 0.2) is 46.9 Å². The lowest BCUT2D eigenvalue weighted by Crippen LogP contribution is -2.11. The number of hydrogen-bond donors (Lipinski definition) is 0. The Labute approximate surface area is 136 Å². The molecule has 3 heteroatoms. The highest BCUT2D eigenvalue weighted by Gasteiger charge is 2.13. The largest absolute Gasteiger partial charge is 0.207 e. The topological polar surface area (TPSA) is 0 Å². The van der Waals surface area contributed by atoms with Crippen molar-refractivity contribution in [2.75, 3.05) is 5.33 Å². The highest BCUT2D eigenvalue weighted by molar-refractivity contribution is 9.10. The van der Waals surface area contributed by atoms with Crippen LogP contribution in [0.3, 0.4) is 0 Å². The van der Waals surface area contributed by atoms with E-state index in [1.54, 1.807) is 12.1 Å². The van der Waals surface area contributed by atoms with Crippen LogP contribution in [0, 0.1) is 18.7 Å². The SMILES string of the molecule is Cc1cc(F)ccc1CC(CBr)Cc1ccccc1Br. The van der Waals surface area contributed by atoms with Crippen molar-refractivity contribution in [1.82, 2.24) is 0 Å². The lowest BCUT2D eigenvalue weighted by atomic mass is 9.92. The van der Waals surface area contributed by atoms with Gasteiger partial charge in [-0.05, 0) is 60.6 Å². The second-order valence-electron chi connectivity index (χ2n) is 5.09. The van der Waals surface area contributed by atoms with E-state index in [1.165, 1.54) is 11.1 Å². The third kappa shape index (κ3) is 4.16. The van der Waals surface area contributed by atoms with Gasteiger partial charge in [-0.1, -0.05) is 56.1 Å². The fourth-order valence-corrected chi connectivity index (χ4v) is 3.26. The fraction of sp³-hybridized carbons (Fsp3) is 0.294. The second-order valence-corrected chi connectivity index (χ2v) is 6.59. The van der Waals surface area contributed by atoms with Crippen LogP contribution in [0.25, 0.3) is 0 Å². The lowest BCUT2D eigenvalue weighted by Gasteiger charge is -2.16. The Kier molecular flexibility index (Phi) is 5.79. The zero-order chi connectivity index (χ0) is 14.5. The number of halogens is 3. The van der Waals surface area contributed by atoms with E-state index in [0.29, 0.717) is 5.92 Å². The van der Waals surface area contributed by atoms with Gasteiger partial charge in [-0.25, -0.2) is 4.39 Å². The highest BCUT2D eigenvalue weighted by Crippen LogP contribution is 2.24. The van der Waals surface area contributed by atoms with Crippen LogP contribution in [0.5, 0.6) is 0 Å². The number of aryl methyl sites for hydroxylation is 1. The molecule has 0 radical (unpaired) electrons. The molecule has 0 bridgehead atoms. The van der Waals surface area contributed by atoms with E-state index in [9.17, 15) is 4.39 Å². The standard InChI is InChI=1S/C17H17Br2F/c1-12-8-16(20)7-6-14(12)9-13(11-18)10-15-4-2-3-5-17(15)19/h2-8,13H,9-11H2,1H3. The lowest BCUT2D eigenvalue weighted by molar-refractivity contribution is 0.584. The van der Waals surface area contributed by atoms with Gasteiger partial charge in [0.25, 0.3) is 0 Å². The Morgan fingerprint density at radius 2 is 1.75 bits per heavy atom. The monoisotopic (exact) mass is 398 g/mol. The van der Waals surface area contributed by atoms with Crippen LogP contribution in [0.2, 0.25) is 0 Å². The molecule has 0 heterocycles. The number of benzene rings is 2. The van der Waals surface area contributed by atoms with Gasteiger partial charge in [-0.2, -0.15) is 0 Å². The molecule has 0 nitrogen and oxygen atoms in total. The van der Waals surface area contributed by atoms with Gasteiger partial charge in [0.15, 0.2) is 0 Å². The van der Waals surface area contributed by atoms with Crippen molar-refractivity contribution >= 4 is 31.9 Å². The predicted molar refractivity (Wildman–Crippen MR) is 90.0 cm³/mol. The van der Waals surface area contributed by atoms with Crippen molar-refractivity contribution in [3.8, 4) is 0 Å². The van der Waals surface area contributed by atoms with E-state index in [4.69, 9.17) is 0 Å². The molecule has 0 saturated carbocycles. The molecule has 2 aromatic carbocycles. The Morgan fingerprint density at radius 1 is 1.05 bits per heavy atom. The summed E-state index contributed by atoms with van der Waals surface area (Å²) < 4.78 is 14.3. The fourth-order valence-electron chi connectivity index (χ4n) is 2.36. The van der Waals surface area contributed by atoms with Crippen molar-refractivity contribution in [3.63, 3.8) is 0 Å². The molecule has 0 spiro atoms. The summed E-state index contributed by atoms with van der Waals surface area (Å²) in [5.74, 6) is 0.338. The van der Waals surface area contributed by atoms with Crippen LogP contribution < -0.4 is 0 Å². The third-order valence-corrected chi connectivity index (χ3v) is 5.19. The van der Waals surface area contributed by atoms with Crippen LogP contribution >= 0.6 is 31.9 Å². The van der Waals surface area contributed by atoms with E-state index < -0.39 is 0 Å². The second kappa shape index (κ2) is 7.37. The van der Waals surface area contributed by atoms with Crippen molar-refractivity contribution in [1.29, 1.82) is 0 Å². The maximum atomic E-state index is 13.2. The third-order valence-electron chi connectivity index (χ3n) is 3.50. The molecule has 1 atom stereocenters. The first-order valence-electron chi connectivity index (χ1n) is 6.64. The molecule has 0 aromatic heterocycles. The van der Waals surface area contributed by atoms with Gasteiger partial charge in [0.1, 0.15) is 5.82 Å². The minimum atomic E-state index is -0.160. The van der Waals surface area contributed by atoms with Crippen LogP contribution in [-0.4, -0.2) is 5.33 Å². The molecular weight excluding hydrogens is 383 g/mol. The van der Waals surface area contributed by atoms with Gasteiger partial charge < -0.3 is 0 Å². The van der Waals surface area contributed by atoms with Crippen molar-refractivity contribution in [3.05, 3.63) is 69.4 Å². The van der Waals surface area contributed by atoms with Crippen molar-refractivity contribution in [2.45, 2.75) is 19.8 Å². The van der Waals surface area contributed by atoms with Gasteiger partial charge in [0.2, 0.25) is 0 Å². The zero-order valence-corrected chi connectivity index (χ0v) is 14.5. The Morgan fingerprint density at radius 3 is 2.40 bits per heavy atom. The van der Waals surface area contributed by atoms with E-state index in [0.717, 1.165) is 28.2 Å². The first kappa shape index (κ1) is 15.7. The summed E-state index contributed by atoms with van der Waals surface area (Å²) in [4.78, 5) is 0. The average molecular weight is 400 g/mol. The first-order valence-corrected chi connectivity index (χ1v) is 8.56. The molecule has 0 aliphatic heterocycles. The van der Waals surface area contributed by atoms with Crippen LogP contribution in [0.4, 0.5) is 4.39 Å². The summed E-state index contributed by atoms with van der Waals surface area (Å²) in [7, 11) is 0. The number of rotatable bonds is 5. The highest BCUT2D eigenvalue weighted by atomic mass is 79.9. The van der Waals surface area contributed by atoms with Gasteiger partial charge >= 0.3 is 0 Å². The van der Waals surface area contributed by atoms with Crippen LogP contribution in [-0.2, 0) is 12.8 Å². The summed E-state index contributed by atoms with van der Waals surface area (Å²) in [5, 5.41) is 0.936. The smallest absolute Gasteiger partial charge is 0.123 e. The van der Waals surface area contributed by atoms with Crippen LogP contribution in [0.1, 0.15) is 16.7 Å². The average Bonchev–Trinajstić information content (AvgIpc) is 2.43.